The molecule has 0 atom stereocenters. The molecule has 2 aromatic rings. The zero-order valence-electron chi connectivity index (χ0n) is 17.3. The van der Waals surface area contributed by atoms with Crippen LogP contribution in [0.3, 0.4) is 0 Å². The SMILES string of the molecule is Cc1nn(Cc2ccccc2)c(C)c1CNC(=O)CCN1C(=O)NC(C)(C)C1=O. The predicted molar refractivity (Wildman–Crippen MR) is 108 cm³/mol. The van der Waals surface area contributed by atoms with Gasteiger partial charge in [0.25, 0.3) is 5.91 Å². The Morgan fingerprint density at radius 2 is 1.86 bits per heavy atom. The monoisotopic (exact) mass is 397 g/mol. The van der Waals surface area contributed by atoms with Crippen LogP contribution in [0.25, 0.3) is 0 Å². The molecular weight excluding hydrogens is 370 g/mol. The third-order valence-electron chi connectivity index (χ3n) is 5.18. The Kier molecular flexibility index (Phi) is 5.72. The molecule has 0 unspecified atom stereocenters. The second-order valence-corrected chi connectivity index (χ2v) is 7.83. The van der Waals surface area contributed by atoms with Gasteiger partial charge in [0.1, 0.15) is 5.54 Å². The van der Waals surface area contributed by atoms with E-state index >= 15 is 0 Å². The third-order valence-corrected chi connectivity index (χ3v) is 5.18. The number of urea groups is 1. The van der Waals surface area contributed by atoms with Crippen LogP contribution in [0.5, 0.6) is 0 Å². The molecule has 1 aromatic carbocycles. The summed E-state index contributed by atoms with van der Waals surface area (Å²) >= 11 is 0. The number of aryl methyl sites for hydroxylation is 1. The van der Waals surface area contributed by atoms with Gasteiger partial charge in [0.2, 0.25) is 5.91 Å². The summed E-state index contributed by atoms with van der Waals surface area (Å²) in [5, 5.41) is 10.1. The summed E-state index contributed by atoms with van der Waals surface area (Å²) in [6, 6.07) is 9.61. The number of amides is 4. The van der Waals surface area contributed by atoms with Crippen LogP contribution >= 0.6 is 0 Å². The Bertz CT molecular complexity index is 933. The first-order chi connectivity index (χ1) is 13.7. The summed E-state index contributed by atoms with van der Waals surface area (Å²) < 4.78 is 1.93. The van der Waals surface area contributed by atoms with E-state index in [0.717, 1.165) is 27.4 Å². The van der Waals surface area contributed by atoms with Crippen LogP contribution in [-0.4, -0.2) is 44.6 Å². The molecule has 4 amide bonds. The minimum Gasteiger partial charge on any atom is -0.352 e. The summed E-state index contributed by atoms with van der Waals surface area (Å²) in [6.07, 6.45) is 0.0610. The summed E-state index contributed by atoms with van der Waals surface area (Å²) in [7, 11) is 0. The van der Waals surface area contributed by atoms with Crippen LogP contribution in [-0.2, 0) is 22.7 Å². The van der Waals surface area contributed by atoms with Crippen molar-refractivity contribution < 1.29 is 14.4 Å². The van der Waals surface area contributed by atoms with Crippen molar-refractivity contribution in [2.24, 2.45) is 0 Å². The molecule has 0 bridgehead atoms. The zero-order valence-corrected chi connectivity index (χ0v) is 17.3. The molecule has 154 valence electrons. The minimum absolute atomic E-state index is 0.0607. The average molecular weight is 397 g/mol. The lowest BCUT2D eigenvalue weighted by atomic mass is 10.1. The fourth-order valence-electron chi connectivity index (χ4n) is 3.41. The number of rotatable bonds is 7. The van der Waals surface area contributed by atoms with Crippen LogP contribution in [0.1, 0.15) is 42.8 Å². The van der Waals surface area contributed by atoms with E-state index in [-0.39, 0.29) is 24.8 Å². The summed E-state index contributed by atoms with van der Waals surface area (Å²) in [6.45, 7) is 8.29. The molecule has 3 rings (SSSR count). The van der Waals surface area contributed by atoms with Crippen LogP contribution in [0.4, 0.5) is 4.79 Å². The molecule has 1 saturated heterocycles. The second kappa shape index (κ2) is 8.06. The molecule has 0 aliphatic carbocycles. The van der Waals surface area contributed by atoms with Gasteiger partial charge in [-0.2, -0.15) is 5.10 Å². The zero-order chi connectivity index (χ0) is 21.2. The van der Waals surface area contributed by atoms with Crippen molar-refractivity contribution in [2.45, 2.75) is 52.7 Å². The maximum Gasteiger partial charge on any atom is 0.325 e. The van der Waals surface area contributed by atoms with E-state index in [1.54, 1.807) is 13.8 Å². The molecule has 1 fully saturated rings. The number of carbonyl (C=O) groups excluding carboxylic acids is 3. The second-order valence-electron chi connectivity index (χ2n) is 7.83. The number of nitrogens with zero attached hydrogens (tertiary/aromatic N) is 3. The summed E-state index contributed by atoms with van der Waals surface area (Å²) in [5.74, 6) is -0.533. The first kappa shape index (κ1) is 20.6. The lowest BCUT2D eigenvalue weighted by Crippen LogP contribution is -2.40. The number of hydrogen-bond donors (Lipinski definition) is 2. The van der Waals surface area contributed by atoms with Gasteiger partial charge in [-0.25, -0.2) is 4.79 Å². The van der Waals surface area contributed by atoms with E-state index in [1.807, 2.05) is 36.7 Å². The van der Waals surface area contributed by atoms with Gasteiger partial charge >= 0.3 is 6.03 Å². The number of imide groups is 1. The minimum atomic E-state index is -0.922. The molecule has 0 radical (unpaired) electrons. The number of hydrogen-bond acceptors (Lipinski definition) is 4. The molecule has 1 aliphatic heterocycles. The van der Waals surface area contributed by atoms with E-state index in [9.17, 15) is 14.4 Å². The van der Waals surface area contributed by atoms with Gasteiger partial charge < -0.3 is 10.6 Å². The number of carbonyl (C=O) groups is 3. The van der Waals surface area contributed by atoms with E-state index < -0.39 is 11.6 Å². The maximum atomic E-state index is 12.3. The molecular formula is C21H27N5O3. The van der Waals surface area contributed by atoms with Gasteiger partial charge in [-0.05, 0) is 33.3 Å². The third kappa shape index (κ3) is 4.47. The van der Waals surface area contributed by atoms with Gasteiger partial charge in [-0.15, -0.1) is 0 Å². The van der Waals surface area contributed by atoms with Gasteiger partial charge in [0, 0.05) is 30.8 Å². The van der Waals surface area contributed by atoms with Crippen LogP contribution < -0.4 is 10.6 Å². The lowest BCUT2D eigenvalue weighted by Gasteiger charge is -2.15. The standard InChI is InChI=1S/C21H27N5O3/c1-14-17(15(2)26(24-14)13-16-8-6-5-7-9-16)12-22-18(27)10-11-25-19(28)21(3,4)23-20(25)29/h5-9H,10-13H2,1-4H3,(H,22,27)(H,23,29). The van der Waals surface area contributed by atoms with Gasteiger partial charge in [0.15, 0.2) is 0 Å². The molecule has 1 aliphatic rings. The van der Waals surface area contributed by atoms with E-state index in [2.05, 4.69) is 27.9 Å². The molecule has 8 heteroatoms. The average Bonchev–Trinajstić information content (AvgIpc) is 3.04. The number of aromatic nitrogens is 2. The van der Waals surface area contributed by atoms with Crippen molar-refractivity contribution in [2.75, 3.05) is 6.54 Å². The molecule has 29 heavy (non-hydrogen) atoms. The highest BCUT2D eigenvalue weighted by Gasteiger charge is 2.43. The van der Waals surface area contributed by atoms with Crippen LogP contribution in [0.15, 0.2) is 30.3 Å². The van der Waals surface area contributed by atoms with Crippen LogP contribution in [0.2, 0.25) is 0 Å². The Hall–Kier alpha value is -3.16. The normalized spacial score (nSPS) is 15.5. The van der Waals surface area contributed by atoms with E-state index in [4.69, 9.17) is 0 Å². The largest absolute Gasteiger partial charge is 0.352 e. The Morgan fingerprint density at radius 1 is 1.17 bits per heavy atom. The van der Waals surface area contributed by atoms with E-state index in [0.29, 0.717) is 13.1 Å². The first-order valence-corrected chi connectivity index (χ1v) is 9.66. The summed E-state index contributed by atoms with van der Waals surface area (Å²) in [4.78, 5) is 37.4. The highest BCUT2D eigenvalue weighted by molar-refractivity contribution is 6.06. The molecule has 1 aromatic heterocycles. The maximum absolute atomic E-state index is 12.3. The quantitative estimate of drug-likeness (QED) is 0.698. The fraction of sp³-hybridized carbons (Fsp3) is 0.429. The van der Waals surface area contributed by atoms with Crippen molar-refractivity contribution in [3.63, 3.8) is 0 Å². The van der Waals surface area contributed by atoms with Crippen molar-refractivity contribution in [3.05, 3.63) is 52.8 Å². The van der Waals surface area contributed by atoms with Crippen molar-refractivity contribution >= 4 is 17.8 Å². The van der Waals surface area contributed by atoms with Gasteiger partial charge in [-0.1, -0.05) is 30.3 Å². The molecule has 2 N–H and O–H groups in total. The Labute approximate surface area is 170 Å². The van der Waals surface area contributed by atoms with Crippen molar-refractivity contribution in [3.8, 4) is 0 Å². The van der Waals surface area contributed by atoms with Crippen molar-refractivity contribution in [1.82, 2.24) is 25.3 Å². The first-order valence-electron chi connectivity index (χ1n) is 9.66. The topological polar surface area (TPSA) is 96.3 Å². The predicted octanol–water partition coefficient (Wildman–Crippen LogP) is 1.88. The molecule has 0 saturated carbocycles. The number of benzene rings is 1. The Morgan fingerprint density at radius 3 is 2.48 bits per heavy atom. The van der Waals surface area contributed by atoms with Crippen LogP contribution in [0, 0.1) is 13.8 Å². The molecule has 8 nitrogen and oxygen atoms in total. The molecule has 0 spiro atoms. The number of nitrogens with one attached hydrogen (secondary N) is 2. The highest BCUT2D eigenvalue weighted by atomic mass is 16.2. The summed E-state index contributed by atoms with van der Waals surface area (Å²) in [5.41, 5.74) is 3.09. The molecule has 2 heterocycles. The Balaban J connectivity index is 1.55. The highest BCUT2D eigenvalue weighted by Crippen LogP contribution is 2.17. The fourth-order valence-corrected chi connectivity index (χ4v) is 3.41. The lowest BCUT2D eigenvalue weighted by molar-refractivity contribution is -0.130. The van der Waals surface area contributed by atoms with Gasteiger partial charge in [0.05, 0.1) is 12.2 Å². The van der Waals surface area contributed by atoms with E-state index in [1.165, 1.54) is 0 Å². The van der Waals surface area contributed by atoms with Gasteiger partial charge in [-0.3, -0.25) is 19.2 Å². The smallest absolute Gasteiger partial charge is 0.325 e. The van der Waals surface area contributed by atoms with Crippen molar-refractivity contribution in [1.29, 1.82) is 0 Å².